The van der Waals surface area contributed by atoms with Crippen molar-refractivity contribution in [3.63, 3.8) is 0 Å². The molecule has 0 amide bonds. The number of fused-ring (bicyclic) bond motifs is 1. The molecule has 0 saturated heterocycles. The number of rotatable bonds is 4. The van der Waals surface area contributed by atoms with E-state index in [-0.39, 0.29) is 12.0 Å². The second-order valence-corrected chi connectivity index (χ2v) is 7.35. The molecule has 6 nitrogen and oxygen atoms in total. The number of carbonyl (C=O) groups excluding carboxylic acids is 1. The number of hydrogen-bond acceptors (Lipinski definition) is 6. The van der Waals surface area contributed by atoms with E-state index in [1.807, 2.05) is 41.3 Å². The summed E-state index contributed by atoms with van der Waals surface area (Å²) >= 11 is 3.45. The van der Waals surface area contributed by atoms with Crippen LogP contribution >= 0.6 is 15.9 Å². The molecule has 2 heterocycles. The van der Waals surface area contributed by atoms with E-state index in [2.05, 4.69) is 38.2 Å². The normalized spacial score (nSPS) is 16.7. The van der Waals surface area contributed by atoms with E-state index in [9.17, 15) is 4.79 Å². The molecule has 0 aliphatic carbocycles. The Bertz CT molecular complexity index is 972. The van der Waals surface area contributed by atoms with Crippen LogP contribution in [-0.2, 0) is 29.0 Å². The van der Waals surface area contributed by atoms with Crippen molar-refractivity contribution in [1.29, 1.82) is 0 Å². The van der Waals surface area contributed by atoms with Crippen LogP contribution < -0.4 is 0 Å². The summed E-state index contributed by atoms with van der Waals surface area (Å²) < 4.78 is 11.4. The lowest BCUT2D eigenvalue weighted by molar-refractivity contribution is -0.148. The molecule has 2 aromatic carbocycles. The standard InChI is InChI=1S/C20H18BrN3O3/c1-26-20(25)17-10-13-5-2-3-6-15(13)11-24(17)12-18-22-19(23-27-18)14-7-4-8-16(21)9-14/h2-9,17H,10-12H2,1H3. The topological polar surface area (TPSA) is 68.5 Å². The summed E-state index contributed by atoms with van der Waals surface area (Å²) in [5.41, 5.74) is 3.24. The lowest BCUT2D eigenvalue weighted by Gasteiger charge is -2.34. The van der Waals surface area contributed by atoms with Crippen molar-refractivity contribution in [1.82, 2.24) is 15.0 Å². The van der Waals surface area contributed by atoms with Gasteiger partial charge >= 0.3 is 5.97 Å². The summed E-state index contributed by atoms with van der Waals surface area (Å²) in [4.78, 5) is 18.8. The van der Waals surface area contributed by atoms with Gasteiger partial charge in [-0.3, -0.25) is 9.69 Å². The van der Waals surface area contributed by atoms with E-state index in [0.717, 1.165) is 10.0 Å². The maximum Gasteiger partial charge on any atom is 0.323 e. The van der Waals surface area contributed by atoms with Gasteiger partial charge in [-0.25, -0.2) is 0 Å². The minimum absolute atomic E-state index is 0.253. The van der Waals surface area contributed by atoms with Gasteiger partial charge in [0.2, 0.25) is 11.7 Å². The van der Waals surface area contributed by atoms with E-state index in [4.69, 9.17) is 9.26 Å². The monoisotopic (exact) mass is 427 g/mol. The Hall–Kier alpha value is -2.51. The van der Waals surface area contributed by atoms with Gasteiger partial charge in [-0.1, -0.05) is 57.5 Å². The number of benzene rings is 2. The predicted octanol–water partition coefficient (Wildman–Crippen LogP) is 3.60. The lowest BCUT2D eigenvalue weighted by atomic mass is 9.94. The average Bonchev–Trinajstić information content (AvgIpc) is 3.15. The first-order chi connectivity index (χ1) is 13.1. The van der Waals surface area contributed by atoms with Crippen molar-refractivity contribution in [2.75, 3.05) is 7.11 Å². The van der Waals surface area contributed by atoms with Gasteiger partial charge < -0.3 is 9.26 Å². The van der Waals surface area contributed by atoms with Gasteiger partial charge in [0.25, 0.3) is 0 Å². The highest BCUT2D eigenvalue weighted by molar-refractivity contribution is 9.10. The lowest BCUT2D eigenvalue weighted by Crippen LogP contribution is -2.45. The maximum atomic E-state index is 12.3. The summed E-state index contributed by atoms with van der Waals surface area (Å²) in [5.74, 6) is 0.743. The van der Waals surface area contributed by atoms with Gasteiger partial charge in [0.05, 0.1) is 13.7 Å². The Kier molecular flexibility index (Phi) is 5.05. The van der Waals surface area contributed by atoms with Gasteiger partial charge in [0.15, 0.2) is 0 Å². The van der Waals surface area contributed by atoms with Crippen molar-refractivity contribution >= 4 is 21.9 Å². The van der Waals surface area contributed by atoms with Gasteiger partial charge in [-0.15, -0.1) is 0 Å². The van der Waals surface area contributed by atoms with Crippen LogP contribution in [0.15, 0.2) is 57.5 Å². The molecule has 1 atom stereocenters. The van der Waals surface area contributed by atoms with Crippen LogP contribution in [0.5, 0.6) is 0 Å². The fraction of sp³-hybridized carbons (Fsp3) is 0.250. The fourth-order valence-corrected chi connectivity index (χ4v) is 3.75. The summed E-state index contributed by atoms with van der Waals surface area (Å²) in [7, 11) is 1.42. The summed E-state index contributed by atoms with van der Waals surface area (Å²) in [5, 5.41) is 4.08. The number of ether oxygens (including phenoxy) is 1. The summed E-state index contributed by atoms with van der Waals surface area (Å²) in [6, 6.07) is 15.5. The van der Waals surface area contributed by atoms with E-state index in [0.29, 0.717) is 31.2 Å². The maximum absolute atomic E-state index is 12.3. The Morgan fingerprint density at radius 1 is 1.26 bits per heavy atom. The molecule has 1 aliphatic heterocycles. The van der Waals surface area contributed by atoms with Crippen LogP contribution in [0.3, 0.4) is 0 Å². The third-order valence-electron chi connectivity index (χ3n) is 4.71. The van der Waals surface area contributed by atoms with E-state index < -0.39 is 0 Å². The Morgan fingerprint density at radius 2 is 2.07 bits per heavy atom. The number of halogens is 1. The highest BCUT2D eigenvalue weighted by Gasteiger charge is 2.33. The molecule has 0 spiro atoms. The first kappa shape index (κ1) is 17.9. The van der Waals surface area contributed by atoms with E-state index in [1.54, 1.807) is 0 Å². The first-order valence-corrected chi connectivity index (χ1v) is 9.40. The molecule has 27 heavy (non-hydrogen) atoms. The van der Waals surface area contributed by atoms with Crippen LogP contribution in [0.2, 0.25) is 0 Å². The molecule has 0 fully saturated rings. The van der Waals surface area contributed by atoms with Crippen molar-refractivity contribution in [3.05, 3.63) is 70.0 Å². The minimum Gasteiger partial charge on any atom is -0.468 e. The van der Waals surface area contributed by atoms with Crippen molar-refractivity contribution in [3.8, 4) is 11.4 Å². The summed E-state index contributed by atoms with van der Waals surface area (Å²) in [6.45, 7) is 1.01. The molecular weight excluding hydrogens is 410 g/mol. The van der Waals surface area contributed by atoms with Crippen LogP contribution in [0, 0.1) is 0 Å². The largest absolute Gasteiger partial charge is 0.468 e. The second kappa shape index (κ2) is 7.62. The number of hydrogen-bond donors (Lipinski definition) is 0. The number of nitrogens with zero attached hydrogens (tertiary/aromatic N) is 3. The van der Waals surface area contributed by atoms with Gasteiger partial charge in [0, 0.05) is 16.6 Å². The predicted molar refractivity (Wildman–Crippen MR) is 103 cm³/mol. The molecular formula is C20H18BrN3O3. The first-order valence-electron chi connectivity index (χ1n) is 8.61. The van der Waals surface area contributed by atoms with E-state index >= 15 is 0 Å². The second-order valence-electron chi connectivity index (χ2n) is 6.44. The van der Waals surface area contributed by atoms with Gasteiger partial charge in [-0.2, -0.15) is 4.98 Å². The fourth-order valence-electron chi connectivity index (χ4n) is 3.35. The molecule has 0 radical (unpaired) electrons. The Labute approximate surface area is 165 Å². The number of aromatic nitrogens is 2. The SMILES string of the molecule is COC(=O)C1Cc2ccccc2CN1Cc1nc(-c2cccc(Br)c2)no1. The summed E-state index contributed by atoms with van der Waals surface area (Å²) in [6.07, 6.45) is 0.607. The molecule has 0 N–H and O–H groups in total. The quantitative estimate of drug-likeness (QED) is 0.592. The minimum atomic E-state index is -0.369. The smallest absolute Gasteiger partial charge is 0.323 e. The molecule has 0 bridgehead atoms. The molecule has 1 aromatic heterocycles. The molecule has 0 saturated carbocycles. The molecule has 3 aromatic rings. The van der Waals surface area contributed by atoms with Crippen LogP contribution in [0.4, 0.5) is 0 Å². The zero-order valence-electron chi connectivity index (χ0n) is 14.8. The third-order valence-corrected chi connectivity index (χ3v) is 5.20. The third kappa shape index (κ3) is 3.79. The average molecular weight is 428 g/mol. The number of methoxy groups -OCH3 is 1. The van der Waals surface area contributed by atoms with Crippen LogP contribution in [0.25, 0.3) is 11.4 Å². The molecule has 4 rings (SSSR count). The van der Waals surface area contributed by atoms with Crippen molar-refractivity contribution < 1.29 is 14.1 Å². The highest BCUT2D eigenvalue weighted by atomic mass is 79.9. The van der Waals surface area contributed by atoms with E-state index in [1.165, 1.54) is 18.2 Å². The zero-order chi connectivity index (χ0) is 18.8. The van der Waals surface area contributed by atoms with Gasteiger partial charge in [-0.05, 0) is 29.7 Å². The molecule has 7 heteroatoms. The molecule has 1 aliphatic rings. The number of esters is 1. The Morgan fingerprint density at radius 3 is 2.85 bits per heavy atom. The molecule has 138 valence electrons. The molecule has 1 unspecified atom stereocenters. The van der Waals surface area contributed by atoms with Crippen molar-refractivity contribution in [2.24, 2.45) is 0 Å². The zero-order valence-corrected chi connectivity index (χ0v) is 16.3. The van der Waals surface area contributed by atoms with Crippen molar-refractivity contribution in [2.45, 2.75) is 25.6 Å². The van der Waals surface area contributed by atoms with Crippen LogP contribution in [0.1, 0.15) is 17.0 Å². The Balaban J connectivity index is 1.58. The number of carbonyl (C=O) groups is 1. The van der Waals surface area contributed by atoms with Crippen LogP contribution in [-0.4, -0.2) is 34.2 Å². The highest BCUT2D eigenvalue weighted by Crippen LogP contribution is 2.26. The van der Waals surface area contributed by atoms with Gasteiger partial charge in [0.1, 0.15) is 6.04 Å².